The van der Waals surface area contributed by atoms with E-state index in [9.17, 15) is 9.59 Å². The molecule has 2 aromatic rings. The van der Waals surface area contributed by atoms with E-state index in [1.165, 1.54) is 0 Å². The molecule has 0 saturated heterocycles. The van der Waals surface area contributed by atoms with Crippen LogP contribution in [0.1, 0.15) is 24.9 Å². The van der Waals surface area contributed by atoms with Gasteiger partial charge in [0.25, 0.3) is 0 Å². The minimum Gasteiger partial charge on any atom is -0.350 e. The highest BCUT2D eigenvalue weighted by molar-refractivity contribution is 5.99. The van der Waals surface area contributed by atoms with E-state index in [2.05, 4.69) is 21.3 Å². The Morgan fingerprint density at radius 3 is 2.08 bits per heavy atom. The first kappa shape index (κ1) is 21.5. The molecule has 0 saturated carbocycles. The second-order valence-corrected chi connectivity index (χ2v) is 5.71. The van der Waals surface area contributed by atoms with E-state index in [1.807, 2.05) is 68.6 Å². The number of hydrogen-bond donors (Lipinski definition) is 4. The van der Waals surface area contributed by atoms with Crippen LogP contribution in [0.4, 0.5) is 16.2 Å². The zero-order chi connectivity index (χ0) is 18.1. The van der Waals surface area contributed by atoms with Gasteiger partial charge in [-0.3, -0.25) is 4.79 Å². The third-order valence-electron chi connectivity index (χ3n) is 3.68. The highest BCUT2D eigenvalue weighted by atomic mass is 35.5. The summed E-state index contributed by atoms with van der Waals surface area (Å²) in [7, 11) is 1.82. The molecule has 0 bridgehead atoms. The van der Waals surface area contributed by atoms with Gasteiger partial charge in [0.1, 0.15) is 0 Å². The minimum absolute atomic E-state index is 0. The molecule has 0 aliphatic heterocycles. The maximum Gasteiger partial charge on any atom is 0.323 e. The summed E-state index contributed by atoms with van der Waals surface area (Å²) in [6.45, 7) is 2.58. The Labute approximate surface area is 160 Å². The summed E-state index contributed by atoms with van der Waals surface area (Å²) in [5.74, 6) is 0.00582. The summed E-state index contributed by atoms with van der Waals surface area (Å²) in [6, 6.07) is 16.3. The van der Waals surface area contributed by atoms with E-state index in [-0.39, 0.29) is 30.4 Å². The number of benzene rings is 2. The quantitative estimate of drug-likeness (QED) is 0.596. The van der Waals surface area contributed by atoms with Gasteiger partial charge < -0.3 is 21.3 Å². The molecule has 0 aliphatic carbocycles. The number of anilines is 2. The van der Waals surface area contributed by atoms with Gasteiger partial charge >= 0.3 is 6.03 Å². The molecular formula is C19H25ClN4O2. The molecule has 0 heterocycles. The van der Waals surface area contributed by atoms with Gasteiger partial charge in [0.15, 0.2) is 0 Å². The first-order chi connectivity index (χ1) is 12.1. The van der Waals surface area contributed by atoms with Crippen LogP contribution in [0.5, 0.6) is 0 Å². The average Bonchev–Trinajstić information content (AvgIpc) is 2.61. The second-order valence-electron chi connectivity index (χ2n) is 5.71. The van der Waals surface area contributed by atoms with Crippen molar-refractivity contribution in [2.75, 3.05) is 24.2 Å². The molecule has 1 atom stereocenters. The fourth-order valence-corrected chi connectivity index (χ4v) is 2.31. The van der Waals surface area contributed by atoms with Crippen molar-refractivity contribution in [1.29, 1.82) is 0 Å². The van der Waals surface area contributed by atoms with Gasteiger partial charge in [-0.15, -0.1) is 12.4 Å². The van der Waals surface area contributed by atoms with E-state index >= 15 is 0 Å². The van der Waals surface area contributed by atoms with Crippen LogP contribution in [0.3, 0.4) is 0 Å². The summed E-state index contributed by atoms with van der Waals surface area (Å²) in [5, 5.41) is 11.4. The molecule has 3 amide bonds. The van der Waals surface area contributed by atoms with Gasteiger partial charge in [-0.05, 0) is 43.8 Å². The van der Waals surface area contributed by atoms with E-state index in [0.717, 1.165) is 11.3 Å². The Kier molecular flexibility index (Phi) is 9.19. The standard InChI is InChI=1S/C19H24N4O2.ClH/c1-14(21-18(24)12-13-20-2)15-8-10-17(11-9-15)23-19(25)22-16-6-4-3-5-7-16;/h3-11,14,20H,12-13H2,1-2H3,(H,21,24)(H2,22,23,25);1H. The SMILES string of the molecule is CNCCC(=O)NC(C)c1ccc(NC(=O)Nc2ccccc2)cc1.Cl. The predicted octanol–water partition coefficient (Wildman–Crippen LogP) is 3.54. The van der Waals surface area contributed by atoms with Gasteiger partial charge in [0.2, 0.25) is 5.91 Å². The highest BCUT2D eigenvalue weighted by Gasteiger charge is 2.09. The summed E-state index contributed by atoms with van der Waals surface area (Å²) < 4.78 is 0. The lowest BCUT2D eigenvalue weighted by atomic mass is 10.1. The molecule has 0 aliphatic rings. The Bertz CT molecular complexity index is 692. The highest BCUT2D eigenvalue weighted by Crippen LogP contribution is 2.16. The third kappa shape index (κ3) is 7.13. The van der Waals surface area contributed by atoms with Crippen molar-refractivity contribution in [3.63, 3.8) is 0 Å². The van der Waals surface area contributed by atoms with Crippen molar-refractivity contribution in [2.24, 2.45) is 0 Å². The zero-order valence-corrected chi connectivity index (χ0v) is 15.7. The van der Waals surface area contributed by atoms with E-state index < -0.39 is 0 Å². The zero-order valence-electron chi connectivity index (χ0n) is 14.9. The normalized spacial score (nSPS) is 11.0. The molecule has 6 nitrogen and oxygen atoms in total. The molecule has 2 aromatic carbocycles. The molecule has 7 heteroatoms. The van der Waals surface area contributed by atoms with Gasteiger partial charge in [-0.25, -0.2) is 4.79 Å². The van der Waals surface area contributed by atoms with Crippen LogP contribution < -0.4 is 21.3 Å². The van der Waals surface area contributed by atoms with Crippen molar-refractivity contribution in [3.05, 3.63) is 60.2 Å². The molecule has 2 rings (SSSR count). The number of para-hydroxylation sites is 1. The number of nitrogens with one attached hydrogen (secondary N) is 4. The smallest absolute Gasteiger partial charge is 0.323 e. The molecule has 1 unspecified atom stereocenters. The number of carbonyl (C=O) groups is 2. The van der Waals surface area contributed by atoms with Crippen LogP contribution in [0.25, 0.3) is 0 Å². The molecule has 140 valence electrons. The van der Waals surface area contributed by atoms with Crippen molar-refractivity contribution >= 4 is 35.7 Å². The fraction of sp³-hybridized carbons (Fsp3) is 0.263. The first-order valence-corrected chi connectivity index (χ1v) is 8.25. The Morgan fingerprint density at radius 2 is 1.50 bits per heavy atom. The monoisotopic (exact) mass is 376 g/mol. The summed E-state index contributed by atoms with van der Waals surface area (Å²) >= 11 is 0. The Balaban J connectivity index is 0.00000338. The minimum atomic E-state index is -0.299. The van der Waals surface area contributed by atoms with Gasteiger partial charge in [-0.2, -0.15) is 0 Å². The fourth-order valence-electron chi connectivity index (χ4n) is 2.31. The van der Waals surface area contributed by atoms with Crippen LogP contribution in [0.2, 0.25) is 0 Å². The number of carbonyl (C=O) groups excluding carboxylic acids is 2. The number of urea groups is 1. The predicted molar refractivity (Wildman–Crippen MR) is 108 cm³/mol. The van der Waals surface area contributed by atoms with E-state index in [4.69, 9.17) is 0 Å². The molecule has 26 heavy (non-hydrogen) atoms. The molecular weight excluding hydrogens is 352 g/mol. The van der Waals surface area contributed by atoms with Gasteiger partial charge in [0, 0.05) is 24.3 Å². The lowest BCUT2D eigenvalue weighted by Crippen LogP contribution is -2.29. The van der Waals surface area contributed by atoms with Crippen molar-refractivity contribution < 1.29 is 9.59 Å². The van der Waals surface area contributed by atoms with Crippen LogP contribution in [-0.2, 0) is 4.79 Å². The lowest BCUT2D eigenvalue weighted by Gasteiger charge is -2.15. The summed E-state index contributed by atoms with van der Waals surface area (Å²) in [5.41, 5.74) is 2.40. The number of hydrogen-bond acceptors (Lipinski definition) is 3. The van der Waals surface area contributed by atoms with Crippen LogP contribution >= 0.6 is 12.4 Å². The Morgan fingerprint density at radius 1 is 0.923 bits per heavy atom. The first-order valence-electron chi connectivity index (χ1n) is 8.25. The third-order valence-corrected chi connectivity index (χ3v) is 3.68. The van der Waals surface area contributed by atoms with Crippen molar-refractivity contribution in [1.82, 2.24) is 10.6 Å². The lowest BCUT2D eigenvalue weighted by molar-refractivity contribution is -0.121. The number of halogens is 1. The second kappa shape index (κ2) is 11.1. The van der Waals surface area contributed by atoms with Crippen LogP contribution in [-0.4, -0.2) is 25.5 Å². The largest absolute Gasteiger partial charge is 0.350 e. The van der Waals surface area contributed by atoms with Crippen molar-refractivity contribution in [2.45, 2.75) is 19.4 Å². The van der Waals surface area contributed by atoms with Gasteiger partial charge in [0.05, 0.1) is 6.04 Å². The maximum absolute atomic E-state index is 12.0. The van der Waals surface area contributed by atoms with Crippen molar-refractivity contribution in [3.8, 4) is 0 Å². The topological polar surface area (TPSA) is 82.3 Å². The maximum atomic E-state index is 12.0. The summed E-state index contributed by atoms with van der Waals surface area (Å²) in [4.78, 5) is 23.7. The summed E-state index contributed by atoms with van der Waals surface area (Å²) in [6.07, 6.45) is 0.445. The van der Waals surface area contributed by atoms with Gasteiger partial charge in [-0.1, -0.05) is 30.3 Å². The van der Waals surface area contributed by atoms with Crippen LogP contribution in [0.15, 0.2) is 54.6 Å². The molecule has 0 aromatic heterocycles. The molecule has 0 radical (unpaired) electrons. The number of rotatable bonds is 7. The van der Waals surface area contributed by atoms with Crippen LogP contribution in [0, 0.1) is 0 Å². The molecule has 0 spiro atoms. The van der Waals surface area contributed by atoms with E-state index in [0.29, 0.717) is 18.7 Å². The molecule has 4 N–H and O–H groups in total. The van der Waals surface area contributed by atoms with E-state index in [1.54, 1.807) is 0 Å². The number of amides is 3. The average molecular weight is 377 g/mol. The Hall–Kier alpha value is -2.57. The molecule has 0 fully saturated rings.